The van der Waals surface area contributed by atoms with Gasteiger partial charge in [-0.25, -0.2) is 4.98 Å². The van der Waals surface area contributed by atoms with Crippen molar-refractivity contribution in [1.82, 2.24) is 9.55 Å². The lowest BCUT2D eigenvalue weighted by Crippen LogP contribution is -2.26. The summed E-state index contributed by atoms with van der Waals surface area (Å²) in [5.74, 6) is 0. The average molecular weight is 223 g/mol. The molecule has 1 aliphatic carbocycles. The van der Waals surface area contributed by atoms with E-state index >= 15 is 0 Å². The van der Waals surface area contributed by atoms with Crippen molar-refractivity contribution in [3.8, 4) is 0 Å². The van der Waals surface area contributed by atoms with E-state index in [9.17, 15) is 0 Å². The third-order valence-corrected chi connectivity index (χ3v) is 3.36. The topological polar surface area (TPSA) is 64.1 Å². The van der Waals surface area contributed by atoms with Crippen LogP contribution in [0.15, 0.2) is 12.5 Å². The quantitative estimate of drug-likeness (QED) is 0.807. The molecule has 0 aromatic carbocycles. The number of rotatable bonds is 4. The van der Waals surface area contributed by atoms with Crippen LogP contribution >= 0.6 is 0 Å². The van der Waals surface area contributed by atoms with Crippen LogP contribution in [0.1, 0.15) is 43.8 Å². The number of hydrogen-bond acceptors (Lipinski definition) is 3. The van der Waals surface area contributed by atoms with Crippen LogP contribution in [0.3, 0.4) is 0 Å². The first-order chi connectivity index (χ1) is 7.79. The van der Waals surface area contributed by atoms with E-state index < -0.39 is 0 Å². The molecule has 1 aliphatic rings. The van der Waals surface area contributed by atoms with Crippen molar-refractivity contribution >= 4 is 0 Å². The Morgan fingerprint density at radius 2 is 2.19 bits per heavy atom. The number of hydrogen-bond donors (Lipinski definition) is 2. The maximum absolute atomic E-state index is 8.89. The molecule has 0 radical (unpaired) electrons. The van der Waals surface area contributed by atoms with Crippen LogP contribution in [0.2, 0.25) is 0 Å². The van der Waals surface area contributed by atoms with Gasteiger partial charge < -0.3 is 15.4 Å². The summed E-state index contributed by atoms with van der Waals surface area (Å²) in [6.45, 7) is 0.0241. The number of imidazole rings is 1. The lowest BCUT2D eigenvalue weighted by Gasteiger charge is -2.22. The molecule has 90 valence electrons. The summed E-state index contributed by atoms with van der Waals surface area (Å²) in [5, 5.41) is 8.89. The van der Waals surface area contributed by atoms with E-state index in [4.69, 9.17) is 10.8 Å². The van der Waals surface area contributed by atoms with Crippen molar-refractivity contribution in [2.45, 2.75) is 50.6 Å². The summed E-state index contributed by atoms with van der Waals surface area (Å²) in [7, 11) is 0. The predicted molar refractivity (Wildman–Crippen MR) is 63.1 cm³/mol. The summed E-state index contributed by atoms with van der Waals surface area (Å²) < 4.78 is 2.22. The van der Waals surface area contributed by atoms with E-state index in [0.717, 1.165) is 5.69 Å². The molecule has 3 N–H and O–H groups in total. The molecule has 4 nitrogen and oxygen atoms in total. The third-order valence-electron chi connectivity index (χ3n) is 3.36. The summed E-state index contributed by atoms with van der Waals surface area (Å²) in [4.78, 5) is 4.35. The number of aliphatic hydroxyl groups is 1. The molecule has 1 aromatic rings. The zero-order valence-corrected chi connectivity index (χ0v) is 9.68. The molecule has 0 spiro atoms. The molecule has 1 saturated carbocycles. The van der Waals surface area contributed by atoms with Crippen LogP contribution in [-0.4, -0.2) is 27.3 Å². The summed E-state index contributed by atoms with van der Waals surface area (Å²) in [6, 6.07) is 0.440. The second kappa shape index (κ2) is 5.46. The highest BCUT2D eigenvalue weighted by atomic mass is 16.3. The molecule has 1 fully saturated rings. The minimum atomic E-state index is -0.185. The Balaban J connectivity index is 1.95. The van der Waals surface area contributed by atoms with Gasteiger partial charge in [0.2, 0.25) is 0 Å². The maximum Gasteiger partial charge on any atom is 0.0951 e. The maximum atomic E-state index is 8.89. The zero-order valence-electron chi connectivity index (χ0n) is 9.68. The smallest absolute Gasteiger partial charge is 0.0951 e. The van der Waals surface area contributed by atoms with Gasteiger partial charge in [0.25, 0.3) is 0 Å². The SMILES string of the molecule is N[C@@H](CO)Cc1cn(C2CCCCC2)cn1. The Kier molecular flexibility index (Phi) is 3.96. The predicted octanol–water partition coefficient (Wildman–Crippen LogP) is 1.25. The fraction of sp³-hybridized carbons (Fsp3) is 0.750. The number of aromatic nitrogens is 2. The monoisotopic (exact) mass is 223 g/mol. The van der Waals surface area contributed by atoms with Crippen molar-refractivity contribution in [1.29, 1.82) is 0 Å². The fourth-order valence-corrected chi connectivity index (χ4v) is 2.40. The van der Waals surface area contributed by atoms with Gasteiger partial charge >= 0.3 is 0 Å². The highest BCUT2D eigenvalue weighted by Crippen LogP contribution is 2.27. The highest BCUT2D eigenvalue weighted by molar-refractivity contribution is 5.00. The number of nitrogens with two attached hydrogens (primary N) is 1. The normalized spacial score (nSPS) is 19.9. The van der Waals surface area contributed by atoms with Crippen molar-refractivity contribution in [2.75, 3.05) is 6.61 Å². The van der Waals surface area contributed by atoms with Gasteiger partial charge in [0, 0.05) is 24.7 Å². The van der Waals surface area contributed by atoms with Crippen molar-refractivity contribution in [3.63, 3.8) is 0 Å². The highest BCUT2D eigenvalue weighted by Gasteiger charge is 2.15. The molecule has 2 rings (SSSR count). The van der Waals surface area contributed by atoms with E-state index in [-0.39, 0.29) is 12.6 Å². The van der Waals surface area contributed by atoms with Gasteiger partial charge in [0.1, 0.15) is 0 Å². The average Bonchev–Trinajstić information content (AvgIpc) is 2.78. The molecule has 1 aromatic heterocycles. The molecule has 0 unspecified atom stereocenters. The first kappa shape index (κ1) is 11.6. The van der Waals surface area contributed by atoms with Crippen LogP contribution in [0.25, 0.3) is 0 Å². The van der Waals surface area contributed by atoms with E-state index in [1.54, 1.807) is 0 Å². The Labute approximate surface area is 96.5 Å². The van der Waals surface area contributed by atoms with Gasteiger partial charge in [0.05, 0.1) is 18.6 Å². The lowest BCUT2D eigenvalue weighted by atomic mass is 9.95. The second-order valence-electron chi connectivity index (χ2n) is 4.75. The Bertz CT molecular complexity index is 318. The van der Waals surface area contributed by atoms with Crippen LogP contribution < -0.4 is 5.73 Å². The Morgan fingerprint density at radius 1 is 1.44 bits per heavy atom. The van der Waals surface area contributed by atoms with Gasteiger partial charge in [-0.2, -0.15) is 0 Å². The molecule has 0 amide bonds. The second-order valence-corrected chi connectivity index (χ2v) is 4.75. The lowest BCUT2D eigenvalue weighted by molar-refractivity contribution is 0.264. The van der Waals surface area contributed by atoms with Crippen molar-refractivity contribution in [3.05, 3.63) is 18.2 Å². The third kappa shape index (κ3) is 2.83. The van der Waals surface area contributed by atoms with Crippen molar-refractivity contribution < 1.29 is 5.11 Å². The van der Waals surface area contributed by atoms with Crippen molar-refractivity contribution in [2.24, 2.45) is 5.73 Å². The molecular weight excluding hydrogens is 202 g/mol. The van der Waals surface area contributed by atoms with E-state index in [1.807, 2.05) is 6.33 Å². The summed E-state index contributed by atoms with van der Waals surface area (Å²) in [5.41, 5.74) is 6.69. The molecule has 0 bridgehead atoms. The van der Waals surface area contributed by atoms with Gasteiger partial charge in [-0.1, -0.05) is 19.3 Å². The molecule has 1 heterocycles. The minimum absolute atomic E-state index is 0.0241. The van der Waals surface area contributed by atoms with E-state index in [2.05, 4.69) is 15.7 Å². The number of nitrogens with zero attached hydrogens (tertiary/aromatic N) is 2. The van der Waals surface area contributed by atoms with E-state index in [0.29, 0.717) is 12.5 Å². The molecule has 1 atom stereocenters. The van der Waals surface area contributed by atoms with Gasteiger partial charge in [-0.05, 0) is 12.8 Å². The molecular formula is C12H21N3O. The molecule has 0 saturated heterocycles. The van der Waals surface area contributed by atoms with E-state index in [1.165, 1.54) is 32.1 Å². The first-order valence-electron chi connectivity index (χ1n) is 6.18. The summed E-state index contributed by atoms with van der Waals surface area (Å²) in [6.07, 6.45) is 11.2. The Hall–Kier alpha value is -0.870. The Morgan fingerprint density at radius 3 is 2.88 bits per heavy atom. The van der Waals surface area contributed by atoms with Crippen LogP contribution in [0.4, 0.5) is 0 Å². The minimum Gasteiger partial charge on any atom is -0.395 e. The van der Waals surface area contributed by atoms with Gasteiger partial charge in [0.15, 0.2) is 0 Å². The van der Waals surface area contributed by atoms with Crippen LogP contribution in [0.5, 0.6) is 0 Å². The van der Waals surface area contributed by atoms with Gasteiger partial charge in [-0.3, -0.25) is 0 Å². The standard InChI is InChI=1S/C12H21N3O/c13-10(8-16)6-11-7-15(9-14-11)12-4-2-1-3-5-12/h7,9-10,12,16H,1-6,8,13H2/t10-/m1/s1. The largest absolute Gasteiger partial charge is 0.395 e. The van der Waals surface area contributed by atoms with Crippen LogP contribution in [0, 0.1) is 0 Å². The zero-order chi connectivity index (χ0) is 11.4. The fourth-order valence-electron chi connectivity index (χ4n) is 2.40. The first-order valence-corrected chi connectivity index (χ1v) is 6.18. The summed E-state index contributed by atoms with van der Waals surface area (Å²) >= 11 is 0. The van der Waals surface area contributed by atoms with Gasteiger partial charge in [-0.15, -0.1) is 0 Å². The molecule has 4 heteroatoms. The molecule has 16 heavy (non-hydrogen) atoms. The molecule has 0 aliphatic heterocycles. The number of aliphatic hydroxyl groups excluding tert-OH is 1. The van der Waals surface area contributed by atoms with Crippen LogP contribution in [-0.2, 0) is 6.42 Å².